The number of Topliss-reactive ketones (excluding diaryl/α,β-unsaturated/α-hetero) is 1. The van der Waals surface area contributed by atoms with E-state index in [1.807, 2.05) is 31.2 Å². The Balaban J connectivity index is 2.69. The largest absolute Gasteiger partial charge is 0.313 e. The van der Waals surface area contributed by atoms with E-state index in [0.717, 1.165) is 5.56 Å². The molecule has 0 amide bonds. The zero-order valence-corrected chi connectivity index (χ0v) is 9.79. The van der Waals surface area contributed by atoms with Gasteiger partial charge in [0.05, 0.1) is 5.92 Å². The number of carbonyl (C=O) groups is 1. The summed E-state index contributed by atoms with van der Waals surface area (Å²) in [7, 11) is 0. The van der Waals surface area contributed by atoms with Crippen LogP contribution < -0.4 is 5.32 Å². The van der Waals surface area contributed by atoms with E-state index in [-0.39, 0.29) is 11.7 Å². The molecule has 0 bridgehead atoms. The first-order chi connectivity index (χ1) is 7.65. The van der Waals surface area contributed by atoms with Gasteiger partial charge in [0.15, 0.2) is 0 Å². The minimum absolute atomic E-state index is 0.107. The number of alkyl halides is 1. The van der Waals surface area contributed by atoms with Crippen LogP contribution in [0.15, 0.2) is 24.3 Å². The molecule has 0 unspecified atom stereocenters. The lowest BCUT2D eigenvalue weighted by Crippen LogP contribution is -2.27. The molecule has 16 heavy (non-hydrogen) atoms. The molecule has 2 nitrogen and oxygen atoms in total. The van der Waals surface area contributed by atoms with E-state index in [2.05, 4.69) is 5.32 Å². The van der Waals surface area contributed by atoms with E-state index in [0.29, 0.717) is 13.1 Å². The van der Waals surface area contributed by atoms with Crippen molar-refractivity contribution in [3.63, 3.8) is 0 Å². The predicted molar refractivity (Wildman–Crippen MR) is 63.4 cm³/mol. The van der Waals surface area contributed by atoms with Gasteiger partial charge < -0.3 is 5.32 Å². The second-order valence-electron chi connectivity index (χ2n) is 3.97. The smallest absolute Gasteiger partial charge is 0.138 e. The predicted octanol–water partition coefficient (Wildman–Crippen LogP) is 2.23. The van der Waals surface area contributed by atoms with Crippen LogP contribution in [0, 0.1) is 6.92 Å². The molecule has 1 aromatic carbocycles. The summed E-state index contributed by atoms with van der Waals surface area (Å²) in [4.78, 5) is 11.5. The van der Waals surface area contributed by atoms with Gasteiger partial charge in [-0.2, -0.15) is 0 Å². The van der Waals surface area contributed by atoms with Crippen LogP contribution in [0.5, 0.6) is 0 Å². The fraction of sp³-hybridized carbons (Fsp3) is 0.462. The molecule has 0 aromatic heterocycles. The van der Waals surface area contributed by atoms with Gasteiger partial charge in [-0.15, -0.1) is 0 Å². The third-order valence-corrected chi connectivity index (χ3v) is 2.59. The lowest BCUT2D eigenvalue weighted by atomic mass is 9.94. The Morgan fingerprint density at radius 1 is 1.38 bits per heavy atom. The number of hydrogen-bond acceptors (Lipinski definition) is 2. The molecule has 1 N–H and O–H groups in total. The summed E-state index contributed by atoms with van der Waals surface area (Å²) in [5.74, 6) is -0.0673. The Hall–Kier alpha value is -1.22. The zero-order chi connectivity index (χ0) is 12.0. The fourth-order valence-corrected chi connectivity index (χ4v) is 1.61. The van der Waals surface area contributed by atoms with Gasteiger partial charge in [-0.05, 0) is 19.4 Å². The van der Waals surface area contributed by atoms with Gasteiger partial charge in [0.1, 0.15) is 12.5 Å². The van der Waals surface area contributed by atoms with Crippen LogP contribution >= 0.6 is 0 Å². The number of nitrogens with one attached hydrogen (secondary N) is 1. The Morgan fingerprint density at radius 2 is 2.00 bits per heavy atom. The van der Waals surface area contributed by atoms with Crippen molar-refractivity contribution in [2.24, 2.45) is 0 Å². The highest BCUT2D eigenvalue weighted by atomic mass is 19.1. The second-order valence-corrected chi connectivity index (χ2v) is 3.97. The van der Waals surface area contributed by atoms with E-state index in [9.17, 15) is 9.18 Å². The van der Waals surface area contributed by atoms with Gasteiger partial charge in [0.2, 0.25) is 0 Å². The quantitative estimate of drug-likeness (QED) is 0.749. The molecule has 0 heterocycles. The number of benzene rings is 1. The van der Waals surface area contributed by atoms with Crippen molar-refractivity contribution in [1.29, 1.82) is 0 Å². The first-order valence-corrected chi connectivity index (χ1v) is 5.49. The van der Waals surface area contributed by atoms with Crippen molar-refractivity contribution in [2.45, 2.75) is 19.8 Å². The van der Waals surface area contributed by atoms with Gasteiger partial charge in [-0.25, -0.2) is 4.39 Å². The van der Waals surface area contributed by atoms with E-state index >= 15 is 0 Å². The van der Waals surface area contributed by atoms with Crippen LogP contribution in [-0.4, -0.2) is 25.5 Å². The first kappa shape index (κ1) is 12.8. The molecular weight excluding hydrogens is 205 g/mol. The van der Waals surface area contributed by atoms with Crippen molar-refractivity contribution in [1.82, 2.24) is 5.32 Å². The van der Waals surface area contributed by atoms with Crippen molar-refractivity contribution in [3.8, 4) is 0 Å². The molecule has 1 atom stereocenters. The van der Waals surface area contributed by atoms with Crippen LogP contribution in [0.25, 0.3) is 0 Å². The topological polar surface area (TPSA) is 29.1 Å². The van der Waals surface area contributed by atoms with Crippen LogP contribution in [0.4, 0.5) is 4.39 Å². The summed E-state index contributed by atoms with van der Waals surface area (Å²) in [5, 5.41) is 2.93. The number of ketones is 1. The maximum absolute atomic E-state index is 12.0. The summed E-state index contributed by atoms with van der Waals surface area (Å²) in [6, 6.07) is 7.89. The highest BCUT2D eigenvalue weighted by Gasteiger charge is 2.15. The van der Waals surface area contributed by atoms with Gasteiger partial charge in [-0.1, -0.05) is 29.8 Å². The Morgan fingerprint density at radius 3 is 2.50 bits per heavy atom. The third-order valence-electron chi connectivity index (χ3n) is 2.59. The first-order valence-electron chi connectivity index (χ1n) is 5.49. The molecule has 0 fully saturated rings. The van der Waals surface area contributed by atoms with E-state index in [1.54, 1.807) is 6.92 Å². The fourth-order valence-electron chi connectivity index (χ4n) is 1.61. The molecule has 0 radical (unpaired) electrons. The number of carbonyl (C=O) groups excluding carboxylic acids is 1. The molecule has 88 valence electrons. The molecule has 3 heteroatoms. The maximum atomic E-state index is 12.0. The maximum Gasteiger partial charge on any atom is 0.138 e. The molecule has 0 aliphatic rings. The second kappa shape index (κ2) is 6.38. The molecule has 1 aromatic rings. The van der Waals surface area contributed by atoms with Crippen LogP contribution in [-0.2, 0) is 4.79 Å². The Kier molecular flexibility index (Phi) is 5.12. The van der Waals surface area contributed by atoms with Crippen LogP contribution in [0.3, 0.4) is 0 Å². The summed E-state index contributed by atoms with van der Waals surface area (Å²) in [5.41, 5.74) is 2.16. The van der Waals surface area contributed by atoms with Crippen molar-refractivity contribution >= 4 is 5.78 Å². The van der Waals surface area contributed by atoms with Crippen molar-refractivity contribution in [2.75, 3.05) is 19.8 Å². The SMILES string of the molecule is CC(=O)[C@H](CNCCF)c1ccc(C)cc1. The molecule has 0 aliphatic heterocycles. The molecule has 1 rings (SSSR count). The summed E-state index contributed by atoms with van der Waals surface area (Å²) in [6.45, 7) is 3.98. The van der Waals surface area contributed by atoms with Gasteiger partial charge >= 0.3 is 0 Å². The lowest BCUT2D eigenvalue weighted by Gasteiger charge is -2.14. The van der Waals surface area contributed by atoms with E-state index in [1.165, 1.54) is 5.56 Å². The minimum atomic E-state index is -0.404. The molecular formula is C13H18FNO. The Labute approximate surface area is 95.9 Å². The lowest BCUT2D eigenvalue weighted by molar-refractivity contribution is -0.118. The van der Waals surface area contributed by atoms with Crippen LogP contribution in [0.2, 0.25) is 0 Å². The highest BCUT2D eigenvalue weighted by molar-refractivity contribution is 5.83. The Bertz CT molecular complexity index is 334. The van der Waals surface area contributed by atoms with Gasteiger partial charge in [-0.3, -0.25) is 4.79 Å². The number of hydrogen-bond donors (Lipinski definition) is 1. The number of halogens is 1. The molecule has 0 saturated carbocycles. The van der Waals surface area contributed by atoms with E-state index < -0.39 is 6.67 Å². The number of rotatable bonds is 6. The average Bonchev–Trinajstić information content (AvgIpc) is 2.26. The van der Waals surface area contributed by atoms with Gasteiger partial charge in [0, 0.05) is 13.1 Å². The van der Waals surface area contributed by atoms with Crippen molar-refractivity contribution in [3.05, 3.63) is 35.4 Å². The van der Waals surface area contributed by atoms with Crippen LogP contribution in [0.1, 0.15) is 24.0 Å². The zero-order valence-electron chi connectivity index (χ0n) is 9.79. The summed E-state index contributed by atoms with van der Waals surface area (Å²) < 4.78 is 12.0. The summed E-state index contributed by atoms with van der Waals surface area (Å²) >= 11 is 0. The summed E-state index contributed by atoms with van der Waals surface area (Å²) in [6.07, 6.45) is 0. The minimum Gasteiger partial charge on any atom is -0.313 e. The van der Waals surface area contributed by atoms with Crippen molar-refractivity contribution < 1.29 is 9.18 Å². The number of aryl methyl sites for hydroxylation is 1. The normalized spacial score (nSPS) is 12.4. The molecule has 0 aliphatic carbocycles. The average molecular weight is 223 g/mol. The molecule has 0 saturated heterocycles. The molecule has 0 spiro atoms. The standard InChI is InChI=1S/C13H18FNO/c1-10-3-5-12(6-4-10)13(11(2)16)9-15-8-7-14/h3-6,13,15H,7-9H2,1-2H3/t13-/m0/s1. The third kappa shape index (κ3) is 3.74. The van der Waals surface area contributed by atoms with E-state index in [4.69, 9.17) is 0 Å². The monoisotopic (exact) mass is 223 g/mol. The highest BCUT2D eigenvalue weighted by Crippen LogP contribution is 2.16. The van der Waals surface area contributed by atoms with Gasteiger partial charge in [0.25, 0.3) is 0 Å².